The molecule has 0 unspecified atom stereocenters. The van der Waals surface area contributed by atoms with Gasteiger partial charge in [0.05, 0.1) is 0 Å². The van der Waals surface area contributed by atoms with Gasteiger partial charge < -0.3 is 15.3 Å². The van der Waals surface area contributed by atoms with Gasteiger partial charge in [-0.3, -0.25) is 0 Å². The minimum absolute atomic E-state index is 0.155. The smallest absolute Gasteiger partial charge is 0.119 e. The number of phenols is 3. The average Bonchev–Trinajstić information content (AvgIpc) is 3.04. The zero-order valence-corrected chi connectivity index (χ0v) is 28.1. The van der Waals surface area contributed by atoms with Crippen molar-refractivity contribution in [1.29, 1.82) is 0 Å². The highest BCUT2D eigenvalue weighted by Gasteiger charge is 2.28. The standard InChI is InChI=1S/C42H56O3/c1-27-21-40(43)37(30-13-7-4-8-14-30)24-33(27)19-20-34(35-25-38(41(44)22-28(35)2)31-15-9-5-10-16-31)36-26-39(42(45)23-29(36)3)32-17-11-6-12-18-32/h21-26,30-32,34,43-45H,4-20H2,1-3H3. The molecule has 0 aliphatic heterocycles. The van der Waals surface area contributed by atoms with E-state index in [1.54, 1.807) is 0 Å². The van der Waals surface area contributed by atoms with Crippen molar-refractivity contribution in [2.24, 2.45) is 0 Å². The van der Waals surface area contributed by atoms with E-state index in [1.807, 2.05) is 18.2 Å². The summed E-state index contributed by atoms with van der Waals surface area (Å²) in [5.74, 6) is 2.85. The molecule has 3 saturated carbocycles. The SMILES string of the molecule is Cc1cc(O)c(C2CCCCC2)cc1CCC(c1cc(C2CCCCC2)c(O)cc1C)c1cc(C2CCCCC2)c(O)cc1C. The highest BCUT2D eigenvalue weighted by molar-refractivity contribution is 5.52. The number of phenolic OH excluding ortho intramolecular Hbond substituents is 3. The van der Waals surface area contributed by atoms with Crippen molar-refractivity contribution in [1.82, 2.24) is 0 Å². The Morgan fingerprint density at radius 2 is 0.844 bits per heavy atom. The van der Waals surface area contributed by atoms with Crippen LogP contribution in [-0.2, 0) is 6.42 Å². The Morgan fingerprint density at radius 1 is 0.489 bits per heavy atom. The normalized spacial score (nSPS) is 18.9. The van der Waals surface area contributed by atoms with E-state index in [4.69, 9.17) is 0 Å². The van der Waals surface area contributed by atoms with Gasteiger partial charge in [0.2, 0.25) is 0 Å². The molecule has 3 aromatic rings. The van der Waals surface area contributed by atoms with Crippen molar-refractivity contribution >= 4 is 0 Å². The van der Waals surface area contributed by atoms with Crippen molar-refractivity contribution < 1.29 is 15.3 Å². The topological polar surface area (TPSA) is 60.7 Å². The van der Waals surface area contributed by atoms with Crippen molar-refractivity contribution in [3.05, 3.63) is 86.5 Å². The second-order valence-electron chi connectivity index (χ2n) is 15.0. The molecule has 3 fully saturated rings. The zero-order valence-electron chi connectivity index (χ0n) is 28.1. The molecule has 0 saturated heterocycles. The fraction of sp³-hybridized carbons (Fsp3) is 0.571. The molecule has 0 atom stereocenters. The fourth-order valence-electron chi connectivity index (χ4n) is 9.23. The molecule has 3 heteroatoms. The van der Waals surface area contributed by atoms with E-state index in [0.717, 1.165) is 66.3 Å². The van der Waals surface area contributed by atoms with Gasteiger partial charge in [-0.2, -0.15) is 0 Å². The molecular formula is C42H56O3. The molecule has 242 valence electrons. The molecule has 0 bridgehead atoms. The first-order chi connectivity index (χ1) is 21.8. The lowest BCUT2D eigenvalue weighted by Gasteiger charge is -2.29. The Balaban J connectivity index is 1.41. The first kappa shape index (κ1) is 32.0. The van der Waals surface area contributed by atoms with E-state index in [1.165, 1.54) is 92.9 Å². The third-order valence-corrected chi connectivity index (χ3v) is 11.9. The highest BCUT2D eigenvalue weighted by Crippen LogP contribution is 2.45. The van der Waals surface area contributed by atoms with Crippen LogP contribution in [0.15, 0.2) is 36.4 Å². The van der Waals surface area contributed by atoms with Gasteiger partial charge in [0.25, 0.3) is 0 Å². The largest absolute Gasteiger partial charge is 0.508 e. The van der Waals surface area contributed by atoms with E-state index in [-0.39, 0.29) is 5.92 Å². The van der Waals surface area contributed by atoms with Gasteiger partial charge in [-0.1, -0.05) is 76.0 Å². The number of aryl methyl sites for hydroxylation is 4. The summed E-state index contributed by atoms with van der Waals surface area (Å²) >= 11 is 0. The summed E-state index contributed by atoms with van der Waals surface area (Å²) in [6, 6.07) is 13.1. The summed E-state index contributed by atoms with van der Waals surface area (Å²) in [7, 11) is 0. The minimum Gasteiger partial charge on any atom is -0.508 e. The van der Waals surface area contributed by atoms with Crippen molar-refractivity contribution in [2.75, 3.05) is 0 Å². The summed E-state index contributed by atoms with van der Waals surface area (Å²) in [5.41, 5.74) is 10.8. The molecule has 0 aromatic heterocycles. The van der Waals surface area contributed by atoms with Gasteiger partial charge in [-0.25, -0.2) is 0 Å². The van der Waals surface area contributed by atoms with Crippen LogP contribution >= 0.6 is 0 Å². The molecule has 3 nitrogen and oxygen atoms in total. The molecule has 0 amide bonds. The number of rotatable bonds is 8. The van der Waals surface area contributed by atoms with Crippen LogP contribution in [0.1, 0.15) is 176 Å². The van der Waals surface area contributed by atoms with E-state index < -0.39 is 0 Å². The quantitative estimate of drug-likeness (QED) is 0.238. The van der Waals surface area contributed by atoms with Crippen molar-refractivity contribution in [3.63, 3.8) is 0 Å². The predicted octanol–water partition coefficient (Wildman–Crippen LogP) is 11.6. The Bertz CT molecular complexity index is 1390. The van der Waals surface area contributed by atoms with E-state index >= 15 is 0 Å². The Kier molecular flexibility index (Phi) is 10.1. The minimum atomic E-state index is 0.155. The fourth-order valence-corrected chi connectivity index (χ4v) is 9.23. The van der Waals surface area contributed by atoms with Crippen LogP contribution in [-0.4, -0.2) is 15.3 Å². The van der Waals surface area contributed by atoms with Crippen molar-refractivity contribution in [2.45, 2.75) is 154 Å². The Morgan fingerprint density at radius 3 is 1.24 bits per heavy atom. The molecule has 3 aliphatic carbocycles. The monoisotopic (exact) mass is 608 g/mol. The lowest BCUT2D eigenvalue weighted by Crippen LogP contribution is -2.12. The van der Waals surface area contributed by atoms with Gasteiger partial charge in [0, 0.05) is 5.92 Å². The summed E-state index contributed by atoms with van der Waals surface area (Å²) < 4.78 is 0. The second kappa shape index (κ2) is 14.2. The molecule has 3 aliphatic rings. The van der Waals surface area contributed by atoms with Gasteiger partial charge in [0.1, 0.15) is 17.2 Å². The van der Waals surface area contributed by atoms with Crippen LogP contribution in [0.25, 0.3) is 0 Å². The third-order valence-electron chi connectivity index (χ3n) is 11.9. The van der Waals surface area contributed by atoms with Crippen LogP contribution in [0.3, 0.4) is 0 Å². The van der Waals surface area contributed by atoms with E-state index in [9.17, 15) is 15.3 Å². The maximum Gasteiger partial charge on any atom is 0.119 e. The number of aromatic hydroxyl groups is 3. The molecule has 3 N–H and O–H groups in total. The third kappa shape index (κ3) is 7.08. The predicted molar refractivity (Wildman–Crippen MR) is 186 cm³/mol. The van der Waals surface area contributed by atoms with Crippen LogP contribution in [0.5, 0.6) is 17.2 Å². The molecule has 45 heavy (non-hydrogen) atoms. The maximum atomic E-state index is 11.2. The van der Waals surface area contributed by atoms with Crippen LogP contribution in [0.4, 0.5) is 0 Å². The van der Waals surface area contributed by atoms with Gasteiger partial charge in [-0.15, -0.1) is 0 Å². The summed E-state index contributed by atoms with van der Waals surface area (Å²) in [6.45, 7) is 6.48. The van der Waals surface area contributed by atoms with Crippen molar-refractivity contribution in [3.8, 4) is 17.2 Å². The molecule has 6 rings (SSSR count). The Labute approximate surface area is 272 Å². The number of hydrogen-bond acceptors (Lipinski definition) is 3. The maximum absolute atomic E-state index is 11.2. The zero-order chi connectivity index (χ0) is 31.5. The second-order valence-corrected chi connectivity index (χ2v) is 15.0. The van der Waals surface area contributed by atoms with Crippen LogP contribution < -0.4 is 0 Å². The van der Waals surface area contributed by atoms with Crippen LogP contribution in [0, 0.1) is 20.8 Å². The number of benzene rings is 3. The van der Waals surface area contributed by atoms with E-state index in [0.29, 0.717) is 35.0 Å². The summed E-state index contributed by atoms with van der Waals surface area (Å²) in [5, 5.41) is 33.4. The molecule has 3 aromatic carbocycles. The highest BCUT2D eigenvalue weighted by atomic mass is 16.3. The molecule has 0 heterocycles. The van der Waals surface area contributed by atoms with Crippen LogP contribution in [0.2, 0.25) is 0 Å². The summed E-state index contributed by atoms with van der Waals surface area (Å²) in [6.07, 6.45) is 20.2. The molecule has 0 spiro atoms. The lowest BCUT2D eigenvalue weighted by atomic mass is 9.76. The lowest BCUT2D eigenvalue weighted by molar-refractivity contribution is 0.413. The number of hydrogen-bond donors (Lipinski definition) is 3. The van der Waals surface area contributed by atoms with Gasteiger partial charge in [-0.05, 0) is 158 Å². The Hall–Kier alpha value is -2.94. The molecular weight excluding hydrogens is 552 g/mol. The molecule has 0 radical (unpaired) electrons. The van der Waals surface area contributed by atoms with E-state index in [2.05, 4.69) is 39.0 Å². The summed E-state index contributed by atoms with van der Waals surface area (Å²) in [4.78, 5) is 0. The first-order valence-electron chi connectivity index (χ1n) is 18.3. The average molecular weight is 609 g/mol. The van der Waals surface area contributed by atoms with Gasteiger partial charge in [0.15, 0.2) is 0 Å². The first-order valence-corrected chi connectivity index (χ1v) is 18.3. The van der Waals surface area contributed by atoms with Gasteiger partial charge >= 0.3 is 0 Å².